The number of aromatic nitrogens is 1. The molecule has 0 bridgehead atoms. The Morgan fingerprint density at radius 3 is 2.46 bits per heavy atom. The highest BCUT2D eigenvalue weighted by molar-refractivity contribution is 6.42. The number of para-hydroxylation sites is 2. The lowest BCUT2D eigenvalue weighted by molar-refractivity contribution is -0.130. The van der Waals surface area contributed by atoms with Crippen LogP contribution in [0.3, 0.4) is 0 Å². The molecule has 1 heterocycles. The van der Waals surface area contributed by atoms with Crippen molar-refractivity contribution < 1.29 is 14.3 Å². The lowest BCUT2D eigenvalue weighted by Crippen LogP contribution is -2.47. The Morgan fingerprint density at radius 2 is 1.73 bits per heavy atom. The van der Waals surface area contributed by atoms with E-state index in [1.54, 1.807) is 18.3 Å². The van der Waals surface area contributed by atoms with Crippen LogP contribution in [-0.4, -0.2) is 35.2 Å². The molecule has 9 heteroatoms. The molecule has 1 aromatic heterocycles. The Balaban J connectivity index is 1.47. The lowest BCUT2D eigenvalue weighted by atomic mass is 10.0. The van der Waals surface area contributed by atoms with Gasteiger partial charge in [-0.1, -0.05) is 79.5 Å². The summed E-state index contributed by atoms with van der Waals surface area (Å²) in [5.74, 6) is 0.0374. The van der Waals surface area contributed by atoms with Crippen LogP contribution < -0.4 is 15.5 Å². The molecule has 3 aromatic carbocycles. The summed E-state index contributed by atoms with van der Waals surface area (Å²) in [5, 5.41) is 9.10. The maximum absolute atomic E-state index is 13.1. The number of nitrogens with zero attached hydrogens (tertiary/aromatic N) is 2. The van der Waals surface area contributed by atoms with Crippen molar-refractivity contribution in [3.05, 3.63) is 99.2 Å². The van der Waals surface area contributed by atoms with Crippen molar-refractivity contribution in [1.82, 2.24) is 15.3 Å². The van der Waals surface area contributed by atoms with Crippen LogP contribution in [0.5, 0.6) is 5.75 Å². The molecule has 0 aliphatic carbocycles. The second-order valence-corrected chi connectivity index (χ2v) is 11.2. The third kappa shape index (κ3) is 7.69. The Bertz CT molecular complexity index is 1580. The van der Waals surface area contributed by atoms with E-state index < -0.39 is 11.9 Å². The molecule has 214 valence electrons. The fourth-order valence-corrected chi connectivity index (χ4v) is 5.00. The summed E-state index contributed by atoms with van der Waals surface area (Å²) in [6.45, 7) is 8.31. The Hall–Kier alpha value is -3.81. The summed E-state index contributed by atoms with van der Waals surface area (Å²) in [7, 11) is 0. The summed E-state index contributed by atoms with van der Waals surface area (Å²) in [6.07, 6.45) is 2.11. The predicted molar refractivity (Wildman–Crippen MR) is 166 cm³/mol. The summed E-state index contributed by atoms with van der Waals surface area (Å²) < 4.78 is 7.82. The SMILES string of the molecule is Cc1ccccc1OCC(=O)N[C@@H](CC(C)C)C(=O)N/N=C\c1c(C)n(Cc2ccc(Cl)c(Cl)c2)c2ccccc12. The average molecular weight is 594 g/mol. The standard InChI is InChI=1S/C32H34Cl2N4O3/c1-20(2)15-28(36-31(39)19-41-30-12-8-5-9-21(30)3)32(40)37-35-17-25-22(4)38(29-11-7-6-10-24(25)29)18-23-13-14-26(33)27(34)16-23/h5-14,16-17,20,28H,15,18-19H2,1-4H3,(H,36,39)(H,37,40)/b35-17-/t28-/m0/s1. The zero-order chi connectivity index (χ0) is 29.5. The number of nitrogens with one attached hydrogen (secondary N) is 2. The van der Waals surface area contributed by atoms with Gasteiger partial charge in [0.15, 0.2) is 6.61 Å². The second-order valence-electron chi connectivity index (χ2n) is 10.4. The highest BCUT2D eigenvalue weighted by Crippen LogP contribution is 2.28. The fourth-order valence-electron chi connectivity index (χ4n) is 4.68. The number of fused-ring (bicyclic) bond motifs is 1. The van der Waals surface area contributed by atoms with E-state index in [2.05, 4.69) is 20.4 Å². The van der Waals surface area contributed by atoms with Gasteiger partial charge in [-0.25, -0.2) is 5.43 Å². The maximum Gasteiger partial charge on any atom is 0.262 e. The van der Waals surface area contributed by atoms with Crippen LogP contribution in [0.15, 0.2) is 71.8 Å². The van der Waals surface area contributed by atoms with Gasteiger partial charge >= 0.3 is 0 Å². The number of amides is 2. The minimum atomic E-state index is -0.753. The van der Waals surface area contributed by atoms with Gasteiger partial charge in [0.2, 0.25) is 0 Å². The number of ether oxygens (including phenoxy) is 1. The van der Waals surface area contributed by atoms with Crippen LogP contribution >= 0.6 is 23.2 Å². The van der Waals surface area contributed by atoms with Crippen LogP contribution in [0.1, 0.15) is 42.7 Å². The van der Waals surface area contributed by atoms with Crippen molar-refractivity contribution in [2.24, 2.45) is 11.0 Å². The number of hydrazone groups is 1. The molecule has 4 aromatic rings. The molecule has 0 spiro atoms. The van der Waals surface area contributed by atoms with Crippen molar-refractivity contribution in [2.45, 2.75) is 46.7 Å². The molecular formula is C32H34Cl2N4O3. The first-order valence-corrected chi connectivity index (χ1v) is 14.2. The third-order valence-corrected chi connectivity index (χ3v) is 7.52. The molecule has 1 atom stereocenters. The highest BCUT2D eigenvalue weighted by Gasteiger charge is 2.22. The predicted octanol–water partition coefficient (Wildman–Crippen LogP) is 6.67. The smallest absolute Gasteiger partial charge is 0.262 e. The molecule has 0 unspecified atom stereocenters. The average Bonchev–Trinajstić information content (AvgIpc) is 3.20. The number of carbonyl (C=O) groups excluding carboxylic acids is 2. The number of aryl methyl sites for hydroxylation is 1. The minimum absolute atomic E-state index is 0.175. The quantitative estimate of drug-likeness (QED) is 0.150. The van der Waals surface area contributed by atoms with Gasteiger partial charge in [-0.3, -0.25) is 9.59 Å². The first kappa shape index (κ1) is 30.2. The molecule has 2 N–H and O–H groups in total. The highest BCUT2D eigenvalue weighted by atomic mass is 35.5. The van der Waals surface area contributed by atoms with Crippen LogP contribution in [0.2, 0.25) is 10.0 Å². The van der Waals surface area contributed by atoms with Crippen molar-refractivity contribution in [1.29, 1.82) is 0 Å². The number of hydrogen-bond acceptors (Lipinski definition) is 4. The van der Waals surface area contributed by atoms with Gasteiger partial charge in [-0.2, -0.15) is 5.10 Å². The lowest BCUT2D eigenvalue weighted by Gasteiger charge is -2.19. The topological polar surface area (TPSA) is 84.7 Å². The van der Waals surface area contributed by atoms with E-state index in [0.717, 1.165) is 33.3 Å². The Morgan fingerprint density at radius 1 is 1.00 bits per heavy atom. The van der Waals surface area contributed by atoms with Gasteiger partial charge in [0.25, 0.3) is 11.8 Å². The molecule has 0 saturated heterocycles. The second kappa shape index (κ2) is 13.7. The number of carbonyl (C=O) groups is 2. The number of halogens is 2. The van der Waals surface area contributed by atoms with E-state index in [1.165, 1.54) is 0 Å². The van der Waals surface area contributed by atoms with Crippen LogP contribution in [0.4, 0.5) is 0 Å². The number of rotatable bonds is 11. The summed E-state index contributed by atoms with van der Waals surface area (Å²) >= 11 is 12.3. The largest absolute Gasteiger partial charge is 0.484 e. The first-order chi connectivity index (χ1) is 19.6. The van der Waals surface area contributed by atoms with Crippen molar-refractivity contribution in [2.75, 3.05) is 6.61 Å². The molecule has 7 nitrogen and oxygen atoms in total. The summed E-state index contributed by atoms with van der Waals surface area (Å²) in [6, 6.07) is 20.3. The molecular weight excluding hydrogens is 559 g/mol. The fraction of sp³-hybridized carbons (Fsp3) is 0.281. The van der Waals surface area contributed by atoms with Gasteiger partial charge in [-0.15, -0.1) is 0 Å². The molecule has 0 fully saturated rings. The monoisotopic (exact) mass is 592 g/mol. The van der Waals surface area contributed by atoms with E-state index >= 15 is 0 Å². The molecule has 0 saturated carbocycles. The van der Waals surface area contributed by atoms with Gasteiger partial charge in [0, 0.05) is 28.7 Å². The van der Waals surface area contributed by atoms with E-state index in [1.807, 2.05) is 82.3 Å². The van der Waals surface area contributed by atoms with Crippen molar-refractivity contribution >= 4 is 52.1 Å². The Labute approximate surface area is 250 Å². The molecule has 0 aliphatic heterocycles. The first-order valence-electron chi connectivity index (χ1n) is 13.5. The van der Waals surface area contributed by atoms with E-state index in [9.17, 15) is 9.59 Å². The van der Waals surface area contributed by atoms with Gasteiger partial charge in [0.1, 0.15) is 11.8 Å². The molecule has 0 radical (unpaired) electrons. The number of hydrogen-bond donors (Lipinski definition) is 2. The zero-order valence-electron chi connectivity index (χ0n) is 23.6. The van der Waals surface area contributed by atoms with Crippen LogP contribution in [-0.2, 0) is 16.1 Å². The van der Waals surface area contributed by atoms with E-state index in [-0.39, 0.29) is 18.4 Å². The summed E-state index contributed by atoms with van der Waals surface area (Å²) in [5.41, 5.74) is 7.46. The number of benzene rings is 3. The van der Waals surface area contributed by atoms with E-state index in [4.69, 9.17) is 27.9 Å². The summed E-state index contributed by atoms with van der Waals surface area (Å²) in [4.78, 5) is 25.7. The van der Waals surface area contributed by atoms with Crippen LogP contribution in [0.25, 0.3) is 10.9 Å². The van der Waals surface area contributed by atoms with E-state index in [0.29, 0.717) is 28.8 Å². The van der Waals surface area contributed by atoms with Crippen molar-refractivity contribution in [3.8, 4) is 5.75 Å². The maximum atomic E-state index is 13.1. The van der Waals surface area contributed by atoms with Gasteiger partial charge < -0.3 is 14.6 Å². The van der Waals surface area contributed by atoms with Crippen molar-refractivity contribution in [3.63, 3.8) is 0 Å². The Kier molecular flexibility index (Phi) is 10.1. The molecule has 2 amide bonds. The van der Waals surface area contributed by atoms with Gasteiger partial charge in [0.05, 0.1) is 16.3 Å². The normalized spacial score (nSPS) is 12.2. The third-order valence-electron chi connectivity index (χ3n) is 6.78. The molecule has 0 aliphatic rings. The zero-order valence-corrected chi connectivity index (χ0v) is 25.1. The molecule has 41 heavy (non-hydrogen) atoms. The van der Waals surface area contributed by atoms with Crippen LogP contribution in [0, 0.1) is 19.8 Å². The minimum Gasteiger partial charge on any atom is -0.484 e. The van der Waals surface area contributed by atoms with Gasteiger partial charge in [-0.05, 0) is 61.6 Å². The molecule has 4 rings (SSSR count).